The van der Waals surface area contributed by atoms with E-state index in [2.05, 4.69) is 20.9 Å². The molecule has 20 heavy (non-hydrogen) atoms. The van der Waals surface area contributed by atoms with Crippen molar-refractivity contribution in [1.82, 2.24) is 4.98 Å². The van der Waals surface area contributed by atoms with Gasteiger partial charge in [0.15, 0.2) is 6.29 Å². The van der Waals surface area contributed by atoms with Crippen LogP contribution in [0.5, 0.6) is 11.6 Å². The van der Waals surface area contributed by atoms with Crippen molar-refractivity contribution >= 4 is 33.1 Å². The summed E-state index contributed by atoms with van der Waals surface area (Å²) in [5.74, 6) is 0.946. The summed E-state index contributed by atoms with van der Waals surface area (Å²) in [4.78, 5) is 15.6. The van der Waals surface area contributed by atoms with Crippen LogP contribution in [0.4, 0.5) is 0 Å². The average Bonchev–Trinajstić information content (AvgIpc) is 2.46. The van der Waals surface area contributed by atoms with Gasteiger partial charge in [0.1, 0.15) is 5.75 Å². The van der Waals surface area contributed by atoms with Crippen molar-refractivity contribution in [2.24, 2.45) is 0 Å². The van der Waals surface area contributed by atoms with E-state index < -0.39 is 0 Å². The Hall–Kier alpha value is -2.20. The molecule has 1 aromatic heterocycles. The molecule has 0 bridgehead atoms. The van der Waals surface area contributed by atoms with Crippen LogP contribution < -0.4 is 4.74 Å². The lowest BCUT2D eigenvalue weighted by Gasteiger charge is -2.08. The summed E-state index contributed by atoms with van der Waals surface area (Å²) in [6, 6.07) is 16.8. The minimum atomic E-state index is 0.316. The van der Waals surface area contributed by atoms with Crippen molar-refractivity contribution in [2.45, 2.75) is 0 Å². The second kappa shape index (κ2) is 5.43. The van der Waals surface area contributed by atoms with Gasteiger partial charge in [-0.05, 0) is 30.3 Å². The molecule has 0 fully saturated rings. The third-order valence-electron chi connectivity index (χ3n) is 2.85. The van der Waals surface area contributed by atoms with Gasteiger partial charge in [-0.3, -0.25) is 4.79 Å². The van der Waals surface area contributed by atoms with Crippen LogP contribution in [-0.2, 0) is 0 Å². The predicted octanol–water partition coefficient (Wildman–Crippen LogP) is 4.60. The van der Waals surface area contributed by atoms with Crippen LogP contribution in [0.3, 0.4) is 0 Å². The number of benzene rings is 2. The van der Waals surface area contributed by atoms with E-state index in [9.17, 15) is 4.79 Å². The zero-order chi connectivity index (χ0) is 13.9. The van der Waals surface area contributed by atoms with Crippen LogP contribution in [0.15, 0.2) is 59.1 Å². The third kappa shape index (κ3) is 2.56. The molecule has 1 heterocycles. The Kier molecular flexibility index (Phi) is 3.48. The second-order valence-electron chi connectivity index (χ2n) is 4.25. The first-order valence-corrected chi connectivity index (χ1v) is 6.84. The monoisotopic (exact) mass is 327 g/mol. The van der Waals surface area contributed by atoms with E-state index in [4.69, 9.17) is 4.74 Å². The lowest BCUT2D eigenvalue weighted by Crippen LogP contribution is -1.94. The van der Waals surface area contributed by atoms with E-state index >= 15 is 0 Å². The van der Waals surface area contributed by atoms with Gasteiger partial charge in [0.25, 0.3) is 0 Å². The minimum Gasteiger partial charge on any atom is -0.438 e. The molecule has 0 N–H and O–H groups in total. The quantitative estimate of drug-likeness (QED) is 0.660. The normalized spacial score (nSPS) is 10.4. The lowest BCUT2D eigenvalue weighted by atomic mass is 10.1. The van der Waals surface area contributed by atoms with E-state index in [0.29, 0.717) is 17.2 Å². The summed E-state index contributed by atoms with van der Waals surface area (Å²) >= 11 is 3.38. The Morgan fingerprint density at radius 2 is 1.90 bits per heavy atom. The average molecular weight is 328 g/mol. The van der Waals surface area contributed by atoms with Crippen LogP contribution in [0.25, 0.3) is 10.9 Å². The second-order valence-corrected chi connectivity index (χ2v) is 5.17. The number of fused-ring (bicyclic) bond motifs is 1. The first-order chi connectivity index (χ1) is 9.76. The molecule has 0 saturated heterocycles. The molecule has 0 aliphatic heterocycles. The highest BCUT2D eigenvalue weighted by atomic mass is 79.9. The van der Waals surface area contributed by atoms with Gasteiger partial charge in [0.05, 0.1) is 11.1 Å². The van der Waals surface area contributed by atoms with Crippen molar-refractivity contribution in [3.63, 3.8) is 0 Å². The Morgan fingerprint density at radius 1 is 1.05 bits per heavy atom. The number of aldehydes is 1. The summed E-state index contributed by atoms with van der Waals surface area (Å²) in [7, 11) is 0. The van der Waals surface area contributed by atoms with E-state index in [1.807, 2.05) is 48.5 Å². The van der Waals surface area contributed by atoms with Gasteiger partial charge >= 0.3 is 0 Å². The van der Waals surface area contributed by atoms with Crippen LogP contribution >= 0.6 is 15.9 Å². The number of carbonyl (C=O) groups is 1. The van der Waals surface area contributed by atoms with Gasteiger partial charge in [-0.1, -0.05) is 40.2 Å². The number of rotatable bonds is 3. The molecule has 3 aromatic rings. The molecular weight excluding hydrogens is 318 g/mol. The molecule has 0 unspecified atom stereocenters. The fourth-order valence-electron chi connectivity index (χ4n) is 1.92. The first kappa shape index (κ1) is 12.8. The van der Waals surface area contributed by atoms with Gasteiger partial charge in [-0.25, -0.2) is 4.98 Å². The number of halogens is 1. The highest BCUT2D eigenvalue weighted by Crippen LogP contribution is 2.27. The van der Waals surface area contributed by atoms with Crippen molar-refractivity contribution in [3.05, 3.63) is 64.6 Å². The summed E-state index contributed by atoms with van der Waals surface area (Å²) in [5.41, 5.74) is 1.23. The number of nitrogens with zero attached hydrogens (tertiary/aromatic N) is 1. The Morgan fingerprint density at radius 3 is 2.70 bits per heavy atom. The third-order valence-corrected chi connectivity index (χ3v) is 3.35. The highest BCUT2D eigenvalue weighted by Gasteiger charge is 2.08. The van der Waals surface area contributed by atoms with E-state index in [-0.39, 0.29) is 0 Å². The Labute approximate surface area is 124 Å². The summed E-state index contributed by atoms with van der Waals surface area (Å²) in [5, 5.41) is 0.913. The van der Waals surface area contributed by atoms with E-state index in [1.54, 1.807) is 6.07 Å². The van der Waals surface area contributed by atoms with E-state index in [1.165, 1.54) is 0 Å². The van der Waals surface area contributed by atoms with Crippen molar-refractivity contribution in [3.8, 4) is 11.6 Å². The topological polar surface area (TPSA) is 39.2 Å². The lowest BCUT2D eigenvalue weighted by molar-refractivity contribution is 0.112. The number of pyridine rings is 1. The number of ether oxygens (including phenoxy) is 1. The van der Waals surface area contributed by atoms with Crippen LogP contribution in [-0.4, -0.2) is 11.3 Å². The maximum Gasteiger partial charge on any atom is 0.230 e. The van der Waals surface area contributed by atoms with E-state index in [0.717, 1.165) is 21.7 Å². The minimum absolute atomic E-state index is 0.316. The molecule has 0 radical (unpaired) electrons. The number of hydrogen-bond donors (Lipinski definition) is 0. The fourth-order valence-corrected chi connectivity index (χ4v) is 2.30. The Balaban J connectivity index is 2.07. The molecule has 0 saturated carbocycles. The Bertz CT molecular complexity index is 786. The summed E-state index contributed by atoms with van der Waals surface area (Å²) in [6.45, 7) is 0. The summed E-state index contributed by atoms with van der Waals surface area (Å²) < 4.78 is 6.62. The highest BCUT2D eigenvalue weighted by molar-refractivity contribution is 9.10. The van der Waals surface area contributed by atoms with Gasteiger partial charge in [-0.15, -0.1) is 0 Å². The molecule has 4 heteroatoms. The zero-order valence-electron chi connectivity index (χ0n) is 10.4. The molecule has 0 atom stereocenters. The molecule has 3 nitrogen and oxygen atoms in total. The molecule has 3 rings (SSSR count). The molecule has 0 aliphatic carbocycles. The zero-order valence-corrected chi connectivity index (χ0v) is 12.0. The smallest absolute Gasteiger partial charge is 0.230 e. The SMILES string of the molecule is O=Cc1cc2ccccc2nc1Oc1cccc(Br)c1. The number of aromatic nitrogens is 1. The molecule has 98 valence electrons. The van der Waals surface area contributed by atoms with Crippen molar-refractivity contribution < 1.29 is 9.53 Å². The maximum atomic E-state index is 11.2. The van der Waals surface area contributed by atoms with Crippen LogP contribution in [0.2, 0.25) is 0 Å². The number of hydrogen-bond acceptors (Lipinski definition) is 3. The summed E-state index contributed by atoms with van der Waals surface area (Å²) in [6.07, 6.45) is 0.757. The molecule has 2 aromatic carbocycles. The standard InChI is InChI=1S/C16H10BrNO2/c17-13-5-3-6-14(9-13)20-16-12(10-19)8-11-4-1-2-7-15(11)18-16/h1-10H. The first-order valence-electron chi connectivity index (χ1n) is 6.04. The van der Waals surface area contributed by atoms with Gasteiger partial charge in [0.2, 0.25) is 5.88 Å². The molecular formula is C16H10BrNO2. The molecule has 0 aliphatic rings. The van der Waals surface area contributed by atoms with Crippen molar-refractivity contribution in [2.75, 3.05) is 0 Å². The largest absolute Gasteiger partial charge is 0.438 e. The number of carbonyl (C=O) groups excluding carboxylic acids is 1. The maximum absolute atomic E-state index is 11.2. The molecule has 0 spiro atoms. The van der Waals surface area contributed by atoms with Gasteiger partial charge < -0.3 is 4.74 Å². The van der Waals surface area contributed by atoms with Gasteiger partial charge in [0, 0.05) is 9.86 Å². The fraction of sp³-hybridized carbons (Fsp3) is 0. The van der Waals surface area contributed by atoms with Crippen molar-refractivity contribution in [1.29, 1.82) is 0 Å². The molecule has 0 amide bonds. The van der Waals surface area contributed by atoms with Crippen LogP contribution in [0, 0.1) is 0 Å². The predicted molar refractivity (Wildman–Crippen MR) is 81.3 cm³/mol. The number of para-hydroxylation sites is 1. The van der Waals surface area contributed by atoms with Crippen LogP contribution in [0.1, 0.15) is 10.4 Å². The van der Waals surface area contributed by atoms with Gasteiger partial charge in [-0.2, -0.15) is 0 Å².